The standard InChI is InChI=1S/C20H22N4O2/c1-15(2)14-25-18-10-5-4-8-16(18)12-24(3)13-19-22-20(23-26-19)17-9-6-7-11-21-17/h4-11H,1,12-14H2,2-3H3. The molecule has 0 aliphatic heterocycles. The van der Waals surface area contributed by atoms with Gasteiger partial charge in [-0.15, -0.1) is 0 Å². The van der Waals surface area contributed by atoms with Gasteiger partial charge in [0.2, 0.25) is 11.7 Å². The molecule has 3 aromatic rings. The molecule has 0 radical (unpaired) electrons. The number of pyridine rings is 1. The predicted molar refractivity (Wildman–Crippen MR) is 99.5 cm³/mol. The van der Waals surface area contributed by atoms with Gasteiger partial charge in [0.05, 0.1) is 6.54 Å². The van der Waals surface area contributed by atoms with Crippen LogP contribution in [0.25, 0.3) is 11.5 Å². The maximum absolute atomic E-state index is 5.83. The molecule has 0 saturated heterocycles. The van der Waals surface area contributed by atoms with Crippen molar-refractivity contribution in [1.29, 1.82) is 0 Å². The molecule has 0 amide bonds. The summed E-state index contributed by atoms with van der Waals surface area (Å²) in [5.41, 5.74) is 2.78. The zero-order valence-corrected chi connectivity index (χ0v) is 15.1. The molecular formula is C20H22N4O2. The van der Waals surface area contributed by atoms with Gasteiger partial charge in [0, 0.05) is 18.3 Å². The summed E-state index contributed by atoms with van der Waals surface area (Å²) in [7, 11) is 2.00. The summed E-state index contributed by atoms with van der Waals surface area (Å²) in [5.74, 6) is 1.91. The Morgan fingerprint density at radius 1 is 1.15 bits per heavy atom. The van der Waals surface area contributed by atoms with Crippen LogP contribution in [-0.2, 0) is 13.1 Å². The molecular weight excluding hydrogens is 328 g/mol. The molecule has 2 heterocycles. The second kappa shape index (κ2) is 8.40. The van der Waals surface area contributed by atoms with Crippen LogP contribution in [0.2, 0.25) is 0 Å². The van der Waals surface area contributed by atoms with E-state index in [0.29, 0.717) is 37.1 Å². The van der Waals surface area contributed by atoms with Crippen LogP contribution in [-0.4, -0.2) is 33.7 Å². The van der Waals surface area contributed by atoms with Gasteiger partial charge in [0.1, 0.15) is 18.1 Å². The van der Waals surface area contributed by atoms with Gasteiger partial charge in [-0.2, -0.15) is 4.98 Å². The lowest BCUT2D eigenvalue weighted by molar-refractivity contribution is 0.255. The largest absolute Gasteiger partial charge is 0.489 e. The summed E-state index contributed by atoms with van der Waals surface area (Å²) in [6.07, 6.45) is 1.71. The SMILES string of the molecule is C=C(C)COc1ccccc1CN(C)Cc1nc(-c2ccccn2)no1. The van der Waals surface area contributed by atoms with E-state index >= 15 is 0 Å². The summed E-state index contributed by atoms with van der Waals surface area (Å²) in [5, 5.41) is 4.00. The van der Waals surface area contributed by atoms with Crippen molar-refractivity contribution in [2.45, 2.75) is 20.0 Å². The first-order chi connectivity index (χ1) is 12.6. The Bertz CT molecular complexity index is 861. The average molecular weight is 350 g/mol. The highest BCUT2D eigenvalue weighted by Crippen LogP contribution is 2.21. The van der Waals surface area contributed by atoms with Crippen LogP contribution in [0.5, 0.6) is 5.75 Å². The number of hydrogen-bond donors (Lipinski definition) is 0. The number of para-hydroxylation sites is 1. The fourth-order valence-electron chi connectivity index (χ4n) is 2.47. The second-order valence-corrected chi connectivity index (χ2v) is 6.25. The van der Waals surface area contributed by atoms with Crippen LogP contribution < -0.4 is 4.74 Å². The molecule has 0 bridgehead atoms. The summed E-state index contributed by atoms with van der Waals surface area (Å²) in [4.78, 5) is 10.7. The maximum Gasteiger partial charge on any atom is 0.241 e. The first kappa shape index (κ1) is 17.8. The van der Waals surface area contributed by atoms with Crippen LogP contribution in [0.4, 0.5) is 0 Å². The molecule has 0 spiro atoms. The van der Waals surface area contributed by atoms with Crippen LogP contribution in [0.15, 0.2) is 65.3 Å². The van der Waals surface area contributed by atoms with Gasteiger partial charge >= 0.3 is 0 Å². The minimum Gasteiger partial charge on any atom is -0.489 e. The minimum absolute atomic E-state index is 0.499. The van der Waals surface area contributed by atoms with E-state index < -0.39 is 0 Å². The van der Waals surface area contributed by atoms with Crippen molar-refractivity contribution < 1.29 is 9.26 Å². The number of aromatic nitrogens is 3. The predicted octanol–water partition coefficient (Wildman–Crippen LogP) is 3.72. The zero-order valence-electron chi connectivity index (χ0n) is 15.1. The monoisotopic (exact) mass is 350 g/mol. The quantitative estimate of drug-likeness (QED) is 0.577. The highest BCUT2D eigenvalue weighted by molar-refractivity contribution is 5.47. The van der Waals surface area contributed by atoms with Gasteiger partial charge in [-0.25, -0.2) is 0 Å². The Balaban J connectivity index is 1.64. The number of rotatable bonds is 8. The third kappa shape index (κ3) is 4.77. The first-order valence-electron chi connectivity index (χ1n) is 8.39. The van der Waals surface area contributed by atoms with E-state index in [1.807, 2.05) is 50.4 Å². The Kier molecular flexibility index (Phi) is 5.76. The molecule has 0 aliphatic rings. The molecule has 3 rings (SSSR count). The number of hydrogen-bond acceptors (Lipinski definition) is 6. The van der Waals surface area contributed by atoms with Crippen LogP contribution in [0.1, 0.15) is 18.4 Å². The summed E-state index contributed by atoms with van der Waals surface area (Å²) >= 11 is 0. The van der Waals surface area contributed by atoms with Gasteiger partial charge in [0.25, 0.3) is 0 Å². The van der Waals surface area contributed by atoms with Crippen LogP contribution >= 0.6 is 0 Å². The Labute approximate surface area is 153 Å². The Hall–Kier alpha value is -2.99. The molecule has 0 unspecified atom stereocenters. The molecule has 0 N–H and O–H groups in total. The minimum atomic E-state index is 0.499. The summed E-state index contributed by atoms with van der Waals surface area (Å²) < 4.78 is 11.2. The molecule has 0 atom stereocenters. The van der Waals surface area contributed by atoms with Gasteiger partial charge in [-0.05, 0) is 37.7 Å². The lowest BCUT2D eigenvalue weighted by atomic mass is 10.2. The number of ether oxygens (including phenoxy) is 1. The highest BCUT2D eigenvalue weighted by atomic mass is 16.5. The molecule has 26 heavy (non-hydrogen) atoms. The van der Waals surface area contributed by atoms with Crippen molar-refractivity contribution in [2.24, 2.45) is 0 Å². The van der Waals surface area contributed by atoms with Gasteiger partial charge < -0.3 is 9.26 Å². The first-order valence-corrected chi connectivity index (χ1v) is 8.39. The average Bonchev–Trinajstić information content (AvgIpc) is 3.10. The van der Waals surface area contributed by atoms with Crippen molar-refractivity contribution in [1.82, 2.24) is 20.0 Å². The van der Waals surface area contributed by atoms with Gasteiger partial charge in [-0.1, -0.05) is 36.0 Å². The van der Waals surface area contributed by atoms with Crippen molar-refractivity contribution in [2.75, 3.05) is 13.7 Å². The van der Waals surface area contributed by atoms with E-state index in [-0.39, 0.29) is 0 Å². The van der Waals surface area contributed by atoms with Crippen LogP contribution in [0, 0.1) is 0 Å². The third-order valence-corrected chi connectivity index (χ3v) is 3.65. The Morgan fingerprint density at radius 3 is 2.73 bits per heavy atom. The van der Waals surface area contributed by atoms with Crippen molar-refractivity contribution in [3.63, 3.8) is 0 Å². The fourth-order valence-corrected chi connectivity index (χ4v) is 2.47. The number of nitrogens with zero attached hydrogens (tertiary/aromatic N) is 4. The molecule has 0 aliphatic carbocycles. The molecule has 1 aromatic carbocycles. The van der Waals surface area contributed by atoms with Crippen molar-refractivity contribution >= 4 is 0 Å². The topological polar surface area (TPSA) is 64.3 Å². The smallest absolute Gasteiger partial charge is 0.241 e. The molecule has 2 aromatic heterocycles. The normalized spacial score (nSPS) is 10.9. The molecule has 6 heteroatoms. The molecule has 6 nitrogen and oxygen atoms in total. The molecule has 0 fully saturated rings. The van der Waals surface area contributed by atoms with Crippen molar-refractivity contribution in [3.8, 4) is 17.3 Å². The lowest BCUT2D eigenvalue weighted by Crippen LogP contribution is -2.18. The summed E-state index contributed by atoms with van der Waals surface area (Å²) in [6.45, 7) is 7.57. The highest BCUT2D eigenvalue weighted by Gasteiger charge is 2.13. The Morgan fingerprint density at radius 2 is 1.96 bits per heavy atom. The van der Waals surface area contributed by atoms with E-state index in [1.54, 1.807) is 6.20 Å². The van der Waals surface area contributed by atoms with E-state index in [9.17, 15) is 0 Å². The molecule has 134 valence electrons. The van der Waals surface area contributed by atoms with Gasteiger partial charge in [0.15, 0.2) is 0 Å². The van der Waals surface area contributed by atoms with E-state index in [0.717, 1.165) is 16.9 Å². The zero-order chi connectivity index (χ0) is 18.4. The fraction of sp³-hybridized carbons (Fsp3) is 0.250. The van der Waals surface area contributed by atoms with Crippen molar-refractivity contribution in [3.05, 3.63) is 72.3 Å². The third-order valence-electron chi connectivity index (χ3n) is 3.65. The van der Waals surface area contributed by atoms with Crippen LogP contribution in [0.3, 0.4) is 0 Å². The van der Waals surface area contributed by atoms with E-state index in [4.69, 9.17) is 9.26 Å². The van der Waals surface area contributed by atoms with E-state index in [1.165, 1.54) is 0 Å². The van der Waals surface area contributed by atoms with E-state index in [2.05, 4.69) is 32.7 Å². The second-order valence-electron chi connectivity index (χ2n) is 6.25. The maximum atomic E-state index is 5.83. The lowest BCUT2D eigenvalue weighted by Gasteiger charge is -2.17. The summed E-state index contributed by atoms with van der Waals surface area (Å²) in [6, 6.07) is 13.6. The van der Waals surface area contributed by atoms with Gasteiger partial charge in [-0.3, -0.25) is 9.88 Å². The number of benzene rings is 1. The molecule has 0 saturated carbocycles.